The molecule has 19 heavy (non-hydrogen) atoms. The van der Waals surface area contributed by atoms with Gasteiger partial charge in [-0.15, -0.1) is 0 Å². The highest BCUT2D eigenvalue weighted by Gasteiger charge is 2.20. The minimum Gasteiger partial charge on any atom is -0.349 e. The molecule has 0 atom stereocenters. The fourth-order valence-corrected chi connectivity index (χ4v) is 3.04. The van der Waals surface area contributed by atoms with Crippen molar-refractivity contribution in [2.45, 2.75) is 11.6 Å². The van der Waals surface area contributed by atoms with Gasteiger partial charge in [0.2, 0.25) is 0 Å². The van der Waals surface area contributed by atoms with Crippen LogP contribution in [0.2, 0.25) is 0 Å². The van der Waals surface area contributed by atoms with Crippen molar-refractivity contribution in [3.63, 3.8) is 0 Å². The molecule has 1 aliphatic rings. The van der Waals surface area contributed by atoms with Gasteiger partial charge in [-0.1, -0.05) is 22.0 Å². The predicted octanol–water partition coefficient (Wildman–Crippen LogP) is 4.07. The van der Waals surface area contributed by atoms with Crippen LogP contribution in [0, 0.1) is 0 Å². The molecule has 1 aromatic heterocycles. The highest BCUT2D eigenvalue weighted by molar-refractivity contribution is 9.10. The standard InChI is InChI=1S/C14H12BrN3S/c1-18-9-10-3-2-8-16-13(10)19-14(18)17-12-6-4-11(15)5-7-12/h2-8H,9H2,1H3. The molecule has 2 aromatic rings. The van der Waals surface area contributed by atoms with Gasteiger partial charge < -0.3 is 4.90 Å². The third kappa shape index (κ3) is 2.82. The van der Waals surface area contributed by atoms with Crippen molar-refractivity contribution in [2.24, 2.45) is 4.99 Å². The van der Waals surface area contributed by atoms with Gasteiger partial charge in [-0.3, -0.25) is 0 Å². The third-order valence-corrected chi connectivity index (χ3v) is 4.50. The van der Waals surface area contributed by atoms with E-state index in [0.717, 1.165) is 26.9 Å². The maximum Gasteiger partial charge on any atom is 0.170 e. The molecule has 0 aliphatic carbocycles. The van der Waals surface area contributed by atoms with Gasteiger partial charge in [-0.25, -0.2) is 9.98 Å². The summed E-state index contributed by atoms with van der Waals surface area (Å²) in [6.45, 7) is 0.853. The Morgan fingerprint density at radius 1 is 1.26 bits per heavy atom. The molecule has 1 aliphatic heterocycles. The Hall–Kier alpha value is -1.33. The highest BCUT2D eigenvalue weighted by Crippen LogP contribution is 2.31. The monoisotopic (exact) mass is 333 g/mol. The molecule has 0 spiro atoms. The van der Waals surface area contributed by atoms with Gasteiger partial charge in [-0.05, 0) is 42.1 Å². The molecule has 3 rings (SSSR count). The fraction of sp³-hybridized carbons (Fsp3) is 0.143. The molecule has 5 heteroatoms. The number of rotatable bonds is 1. The van der Waals surface area contributed by atoms with E-state index in [-0.39, 0.29) is 0 Å². The van der Waals surface area contributed by atoms with Crippen molar-refractivity contribution in [1.29, 1.82) is 0 Å². The van der Waals surface area contributed by atoms with Gasteiger partial charge in [0.15, 0.2) is 5.17 Å². The number of nitrogens with zero attached hydrogens (tertiary/aromatic N) is 3. The van der Waals surface area contributed by atoms with E-state index in [1.165, 1.54) is 5.56 Å². The van der Waals surface area contributed by atoms with Gasteiger partial charge >= 0.3 is 0 Å². The summed E-state index contributed by atoms with van der Waals surface area (Å²) in [5, 5.41) is 2.03. The van der Waals surface area contributed by atoms with Crippen LogP contribution in [0.4, 0.5) is 5.69 Å². The SMILES string of the molecule is CN1Cc2cccnc2SC1=Nc1ccc(Br)cc1. The van der Waals surface area contributed by atoms with Crippen LogP contribution in [0.15, 0.2) is 57.1 Å². The van der Waals surface area contributed by atoms with Crippen molar-refractivity contribution in [3.05, 3.63) is 52.6 Å². The number of aliphatic imine (C=N–C) groups is 1. The molecular weight excluding hydrogens is 322 g/mol. The molecule has 0 unspecified atom stereocenters. The first-order valence-corrected chi connectivity index (χ1v) is 7.50. The Kier molecular flexibility index (Phi) is 3.57. The molecule has 0 bridgehead atoms. The Morgan fingerprint density at radius 3 is 2.84 bits per heavy atom. The second-order valence-corrected chi connectivity index (χ2v) is 6.17. The molecule has 1 aromatic carbocycles. The quantitative estimate of drug-likeness (QED) is 0.787. The number of hydrogen-bond donors (Lipinski definition) is 0. The normalized spacial score (nSPS) is 16.5. The van der Waals surface area contributed by atoms with Gasteiger partial charge in [-0.2, -0.15) is 0 Å². The van der Waals surface area contributed by atoms with Crippen molar-refractivity contribution >= 4 is 38.5 Å². The zero-order valence-electron chi connectivity index (χ0n) is 10.4. The lowest BCUT2D eigenvalue weighted by Crippen LogP contribution is -2.27. The highest BCUT2D eigenvalue weighted by atomic mass is 79.9. The first-order valence-electron chi connectivity index (χ1n) is 5.89. The smallest absolute Gasteiger partial charge is 0.170 e. The maximum atomic E-state index is 4.68. The van der Waals surface area contributed by atoms with Crippen LogP contribution in [-0.4, -0.2) is 22.1 Å². The minimum atomic E-state index is 0.853. The van der Waals surface area contributed by atoms with Crippen molar-refractivity contribution in [2.75, 3.05) is 7.05 Å². The summed E-state index contributed by atoms with van der Waals surface area (Å²) in [5.74, 6) is 0. The van der Waals surface area contributed by atoms with E-state index in [4.69, 9.17) is 0 Å². The van der Waals surface area contributed by atoms with Crippen LogP contribution in [0.25, 0.3) is 0 Å². The molecule has 0 N–H and O–H groups in total. The van der Waals surface area contributed by atoms with Crippen LogP contribution in [-0.2, 0) is 6.54 Å². The Balaban J connectivity index is 1.92. The van der Waals surface area contributed by atoms with E-state index in [0.29, 0.717) is 0 Å². The molecule has 0 saturated heterocycles. The number of thioether (sulfide) groups is 1. The topological polar surface area (TPSA) is 28.5 Å². The zero-order valence-corrected chi connectivity index (χ0v) is 12.8. The lowest BCUT2D eigenvalue weighted by molar-refractivity contribution is 0.498. The molecule has 0 fully saturated rings. The number of halogens is 1. The van der Waals surface area contributed by atoms with Crippen molar-refractivity contribution in [1.82, 2.24) is 9.88 Å². The summed E-state index contributed by atoms with van der Waals surface area (Å²) in [6.07, 6.45) is 1.83. The van der Waals surface area contributed by atoms with E-state index >= 15 is 0 Å². The fourth-order valence-electron chi connectivity index (χ4n) is 1.86. The zero-order chi connectivity index (χ0) is 13.2. The van der Waals surface area contributed by atoms with Gasteiger partial charge in [0.25, 0.3) is 0 Å². The summed E-state index contributed by atoms with van der Waals surface area (Å²) in [7, 11) is 2.06. The average Bonchev–Trinajstić information content (AvgIpc) is 2.42. The van der Waals surface area contributed by atoms with Gasteiger partial charge in [0.05, 0.1) is 5.69 Å². The Morgan fingerprint density at radius 2 is 2.05 bits per heavy atom. The van der Waals surface area contributed by atoms with E-state index in [1.807, 2.05) is 36.5 Å². The van der Waals surface area contributed by atoms with Crippen LogP contribution in [0.1, 0.15) is 5.56 Å². The Bertz CT molecular complexity index is 625. The number of aromatic nitrogens is 1. The molecule has 0 amide bonds. The van der Waals surface area contributed by atoms with E-state index in [1.54, 1.807) is 11.8 Å². The van der Waals surface area contributed by atoms with Crippen molar-refractivity contribution < 1.29 is 0 Å². The summed E-state index contributed by atoms with van der Waals surface area (Å²) in [5.41, 5.74) is 2.21. The number of benzene rings is 1. The summed E-state index contributed by atoms with van der Waals surface area (Å²) < 4.78 is 1.06. The first-order chi connectivity index (χ1) is 9.22. The predicted molar refractivity (Wildman–Crippen MR) is 82.8 cm³/mol. The summed E-state index contributed by atoms with van der Waals surface area (Å²) in [4.78, 5) is 11.2. The lowest BCUT2D eigenvalue weighted by Gasteiger charge is -2.26. The van der Waals surface area contributed by atoms with Gasteiger partial charge in [0.1, 0.15) is 5.03 Å². The Labute approximate surface area is 124 Å². The van der Waals surface area contributed by atoms with Gasteiger partial charge in [0, 0.05) is 29.8 Å². The van der Waals surface area contributed by atoms with E-state index in [2.05, 4.69) is 43.9 Å². The van der Waals surface area contributed by atoms with E-state index < -0.39 is 0 Å². The molecule has 2 heterocycles. The number of hydrogen-bond acceptors (Lipinski definition) is 3. The minimum absolute atomic E-state index is 0.853. The van der Waals surface area contributed by atoms with Crippen LogP contribution in [0.3, 0.4) is 0 Å². The molecular formula is C14H12BrN3S. The number of pyridine rings is 1. The van der Waals surface area contributed by atoms with Crippen LogP contribution >= 0.6 is 27.7 Å². The summed E-state index contributed by atoms with van der Waals surface area (Å²) in [6, 6.07) is 12.1. The molecule has 0 radical (unpaired) electrons. The maximum absolute atomic E-state index is 4.68. The lowest BCUT2D eigenvalue weighted by atomic mass is 10.3. The van der Waals surface area contributed by atoms with E-state index in [9.17, 15) is 0 Å². The van der Waals surface area contributed by atoms with Crippen molar-refractivity contribution in [3.8, 4) is 0 Å². The third-order valence-electron chi connectivity index (χ3n) is 2.82. The largest absolute Gasteiger partial charge is 0.349 e. The molecule has 96 valence electrons. The summed E-state index contributed by atoms with van der Waals surface area (Å²) >= 11 is 5.05. The average molecular weight is 334 g/mol. The first kappa shape index (κ1) is 12.7. The number of fused-ring (bicyclic) bond motifs is 1. The number of amidine groups is 1. The second-order valence-electron chi connectivity index (χ2n) is 4.30. The second kappa shape index (κ2) is 5.35. The molecule has 3 nitrogen and oxygen atoms in total. The molecule has 0 saturated carbocycles. The van der Waals surface area contributed by atoms with Crippen LogP contribution in [0.5, 0.6) is 0 Å². The van der Waals surface area contributed by atoms with Crippen LogP contribution < -0.4 is 0 Å².